The predicted octanol–water partition coefficient (Wildman–Crippen LogP) is -0.251. The maximum atomic E-state index is 10.9. The average molecular weight is 235 g/mol. The van der Waals surface area contributed by atoms with Gasteiger partial charge in [-0.3, -0.25) is 4.79 Å². The summed E-state index contributed by atoms with van der Waals surface area (Å²) in [6.07, 6.45) is 0.945. The molecule has 1 saturated heterocycles. The molecule has 17 heavy (non-hydrogen) atoms. The van der Waals surface area contributed by atoms with E-state index in [2.05, 4.69) is 22.0 Å². The molecule has 0 aliphatic carbocycles. The van der Waals surface area contributed by atoms with Crippen molar-refractivity contribution in [3.8, 4) is 0 Å². The normalized spacial score (nSPS) is 24.7. The highest BCUT2D eigenvalue weighted by molar-refractivity contribution is 5.90. The quantitative estimate of drug-likeness (QED) is 0.736. The smallest absolute Gasteiger partial charge is 0.269 e. The van der Waals surface area contributed by atoms with Gasteiger partial charge in [0.05, 0.1) is 0 Å². The van der Waals surface area contributed by atoms with Crippen molar-refractivity contribution in [2.24, 2.45) is 17.4 Å². The number of primary amides is 1. The number of piperidine rings is 1. The van der Waals surface area contributed by atoms with Crippen LogP contribution in [0.1, 0.15) is 23.8 Å². The number of amides is 1. The number of carbonyl (C=O) groups is 1. The van der Waals surface area contributed by atoms with Gasteiger partial charge in [-0.05, 0) is 24.5 Å². The Kier molecular flexibility index (Phi) is 3.23. The van der Waals surface area contributed by atoms with Gasteiger partial charge in [-0.25, -0.2) is 0 Å². The fourth-order valence-electron chi connectivity index (χ4n) is 2.00. The van der Waals surface area contributed by atoms with Crippen molar-refractivity contribution >= 4 is 11.7 Å². The first-order chi connectivity index (χ1) is 8.08. The molecule has 0 bridgehead atoms. The molecule has 6 heteroatoms. The number of nitrogens with zero attached hydrogens (tertiary/aromatic N) is 3. The summed E-state index contributed by atoms with van der Waals surface area (Å²) in [6, 6.07) is 3.63. The SMILES string of the molecule is CC1CN(c2ccc(C(N)=O)nn2)CCC1N. The maximum absolute atomic E-state index is 10.9. The van der Waals surface area contributed by atoms with Gasteiger partial charge in [0, 0.05) is 19.1 Å². The molecule has 1 aliphatic rings. The van der Waals surface area contributed by atoms with Crippen LogP contribution in [-0.4, -0.2) is 35.2 Å². The number of rotatable bonds is 2. The Morgan fingerprint density at radius 3 is 2.76 bits per heavy atom. The van der Waals surface area contributed by atoms with Gasteiger partial charge in [0.25, 0.3) is 5.91 Å². The molecule has 1 aromatic heterocycles. The van der Waals surface area contributed by atoms with Crippen LogP contribution < -0.4 is 16.4 Å². The van der Waals surface area contributed by atoms with Gasteiger partial charge < -0.3 is 16.4 Å². The second-order valence-corrected chi connectivity index (χ2v) is 4.52. The molecule has 6 nitrogen and oxygen atoms in total. The first-order valence-electron chi connectivity index (χ1n) is 5.72. The van der Waals surface area contributed by atoms with Crippen LogP contribution in [0, 0.1) is 5.92 Å². The predicted molar refractivity (Wildman–Crippen MR) is 64.5 cm³/mol. The molecule has 1 amide bonds. The van der Waals surface area contributed by atoms with Gasteiger partial charge in [0.1, 0.15) is 0 Å². The lowest BCUT2D eigenvalue weighted by Gasteiger charge is -2.35. The second-order valence-electron chi connectivity index (χ2n) is 4.52. The second kappa shape index (κ2) is 4.67. The number of hydrogen-bond acceptors (Lipinski definition) is 5. The van der Waals surface area contributed by atoms with Gasteiger partial charge >= 0.3 is 0 Å². The van der Waals surface area contributed by atoms with Crippen LogP contribution >= 0.6 is 0 Å². The molecule has 1 aromatic rings. The highest BCUT2D eigenvalue weighted by atomic mass is 16.1. The summed E-state index contributed by atoms with van der Waals surface area (Å²) >= 11 is 0. The Bertz CT molecular complexity index is 405. The standard InChI is InChI=1S/C11H17N5O/c1-7-6-16(5-4-8(7)12)10-3-2-9(11(13)17)14-15-10/h2-3,7-8H,4-6,12H2,1H3,(H2,13,17). The molecule has 0 spiro atoms. The monoisotopic (exact) mass is 235 g/mol. The molecule has 2 heterocycles. The van der Waals surface area contributed by atoms with E-state index in [0.717, 1.165) is 25.3 Å². The third kappa shape index (κ3) is 2.52. The minimum Gasteiger partial charge on any atom is -0.364 e. The summed E-state index contributed by atoms with van der Waals surface area (Å²) in [5, 5.41) is 7.82. The topological polar surface area (TPSA) is 98.1 Å². The van der Waals surface area contributed by atoms with E-state index in [1.165, 1.54) is 0 Å². The fourth-order valence-corrected chi connectivity index (χ4v) is 2.00. The summed E-state index contributed by atoms with van der Waals surface area (Å²) in [5.41, 5.74) is 11.3. The van der Waals surface area contributed by atoms with Crippen LogP contribution in [0.2, 0.25) is 0 Å². The molecule has 4 N–H and O–H groups in total. The van der Waals surface area contributed by atoms with Crippen LogP contribution in [0.4, 0.5) is 5.82 Å². The highest BCUT2D eigenvalue weighted by Gasteiger charge is 2.24. The van der Waals surface area contributed by atoms with Gasteiger partial charge in [-0.2, -0.15) is 0 Å². The summed E-state index contributed by atoms with van der Waals surface area (Å²) in [4.78, 5) is 13.0. The molecule has 2 unspecified atom stereocenters. The van der Waals surface area contributed by atoms with Gasteiger partial charge in [0.15, 0.2) is 11.5 Å². The molecule has 2 atom stereocenters. The zero-order chi connectivity index (χ0) is 12.4. The molecular formula is C11H17N5O. The zero-order valence-corrected chi connectivity index (χ0v) is 9.84. The minimum absolute atomic E-state index is 0.190. The summed E-state index contributed by atoms with van der Waals surface area (Å²) in [5.74, 6) is 0.646. The Labute approximate surface area is 100.0 Å². The molecule has 0 aromatic carbocycles. The van der Waals surface area contributed by atoms with E-state index in [1.54, 1.807) is 12.1 Å². The molecule has 0 radical (unpaired) electrons. The number of nitrogens with two attached hydrogens (primary N) is 2. The van der Waals surface area contributed by atoms with E-state index < -0.39 is 5.91 Å². The molecule has 0 saturated carbocycles. The maximum Gasteiger partial charge on any atom is 0.269 e. The van der Waals surface area contributed by atoms with Gasteiger partial charge in [-0.15, -0.1) is 10.2 Å². The van der Waals surface area contributed by atoms with Crippen molar-refractivity contribution in [1.82, 2.24) is 10.2 Å². The van der Waals surface area contributed by atoms with Crippen LogP contribution in [0.5, 0.6) is 0 Å². The van der Waals surface area contributed by atoms with Crippen molar-refractivity contribution in [1.29, 1.82) is 0 Å². The first kappa shape index (κ1) is 11.8. The summed E-state index contributed by atoms with van der Waals surface area (Å²) in [6.45, 7) is 3.86. The Morgan fingerprint density at radius 2 is 2.24 bits per heavy atom. The fraction of sp³-hybridized carbons (Fsp3) is 0.545. The molecule has 92 valence electrons. The molecule has 1 aliphatic heterocycles. The van der Waals surface area contributed by atoms with Crippen molar-refractivity contribution in [3.05, 3.63) is 17.8 Å². The number of anilines is 1. The van der Waals surface area contributed by atoms with E-state index in [-0.39, 0.29) is 11.7 Å². The molecule has 2 rings (SSSR count). The number of aromatic nitrogens is 2. The molecule has 1 fully saturated rings. The third-order valence-corrected chi connectivity index (χ3v) is 3.20. The van der Waals surface area contributed by atoms with Crippen molar-refractivity contribution in [2.75, 3.05) is 18.0 Å². The van der Waals surface area contributed by atoms with Crippen molar-refractivity contribution in [3.63, 3.8) is 0 Å². The highest BCUT2D eigenvalue weighted by Crippen LogP contribution is 2.19. The lowest BCUT2D eigenvalue weighted by Crippen LogP contribution is -2.46. The van der Waals surface area contributed by atoms with Crippen molar-refractivity contribution in [2.45, 2.75) is 19.4 Å². The third-order valence-electron chi connectivity index (χ3n) is 3.20. The van der Waals surface area contributed by atoms with Crippen molar-refractivity contribution < 1.29 is 4.79 Å². The Balaban J connectivity index is 2.10. The molecular weight excluding hydrogens is 218 g/mol. The average Bonchev–Trinajstić information content (AvgIpc) is 2.33. The van der Waals surface area contributed by atoms with E-state index in [9.17, 15) is 4.79 Å². The minimum atomic E-state index is -0.557. The van der Waals surface area contributed by atoms with Gasteiger partial charge in [-0.1, -0.05) is 6.92 Å². The van der Waals surface area contributed by atoms with Crippen LogP contribution in [-0.2, 0) is 0 Å². The van der Waals surface area contributed by atoms with E-state index >= 15 is 0 Å². The summed E-state index contributed by atoms with van der Waals surface area (Å²) < 4.78 is 0. The van der Waals surface area contributed by atoms with Gasteiger partial charge in [0.2, 0.25) is 0 Å². The van der Waals surface area contributed by atoms with E-state index in [1.807, 2.05) is 0 Å². The Hall–Kier alpha value is -1.69. The van der Waals surface area contributed by atoms with E-state index in [4.69, 9.17) is 11.5 Å². The Morgan fingerprint density at radius 1 is 1.47 bits per heavy atom. The number of hydrogen-bond donors (Lipinski definition) is 2. The van der Waals surface area contributed by atoms with E-state index in [0.29, 0.717) is 5.92 Å². The van der Waals surface area contributed by atoms with Crippen LogP contribution in [0.15, 0.2) is 12.1 Å². The van der Waals surface area contributed by atoms with Crippen LogP contribution in [0.25, 0.3) is 0 Å². The largest absolute Gasteiger partial charge is 0.364 e. The lowest BCUT2D eigenvalue weighted by molar-refractivity contribution is 0.0994. The lowest BCUT2D eigenvalue weighted by atomic mass is 9.95. The summed E-state index contributed by atoms with van der Waals surface area (Å²) in [7, 11) is 0. The first-order valence-corrected chi connectivity index (χ1v) is 5.72. The zero-order valence-electron chi connectivity index (χ0n) is 9.84. The number of carbonyl (C=O) groups excluding carboxylic acids is 1. The van der Waals surface area contributed by atoms with Crippen LogP contribution in [0.3, 0.4) is 0 Å².